The number of urea groups is 1. The maximum atomic E-state index is 13.6. The molecule has 2 heterocycles. The van der Waals surface area contributed by atoms with E-state index in [4.69, 9.17) is 4.52 Å². The van der Waals surface area contributed by atoms with Crippen LogP contribution in [0.25, 0.3) is 0 Å². The summed E-state index contributed by atoms with van der Waals surface area (Å²) in [6.45, 7) is 1.27. The molecular weight excluding hydrogens is 311 g/mol. The van der Waals surface area contributed by atoms with E-state index in [9.17, 15) is 9.18 Å². The molecule has 2 fully saturated rings. The van der Waals surface area contributed by atoms with Crippen molar-refractivity contribution in [1.29, 1.82) is 0 Å². The summed E-state index contributed by atoms with van der Waals surface area (Å²) in [5, 5.41) is 6.66. The van der Waals surface area contributed by atoms with E-state index in [1.807, 2.05) is 0 Å². The zero-order valence-electron chi connectivity index (χ0n) is 13.2. The fourth-order valence-corrected chi connectivity index (χ4v) is 3.05. The number of carbonyl (C=O) groups is 1. The first-order valence-corrected chi connectivity index (χ1v) is 8.32. The molecule has 1 saturated carbocycles. The third-order valence-electron chi connectivity index (χ3n) is 4.57. The van der Waals surface area contributed by atoms with Crippen molar-refractivity contribution in [3.05, 3.63) is 41.8 Å². The van der Waals surface area contributed by atoms with Crippen LogP contribution in [0.5, 0.6) is 0 Å². The van der Waals surface area contributed by atoms with E-state index < -0.39 is 5.82 Å². The molecule has 0 spiro atoms. The molecular formula is C17H19FN4O2. The molecule has 4 rings (SSSR count). The van der Waals surface area contributed by atoms with E-state index in [2.05, 4.69) is 15.5 Å². The number of rotatable bonds is 4. The first-order chi connectivity index (χ1) is 11.7. The van der Waals surface area contributed by atoms with Gasteiger partial charge in [0.15, 0.2) is 5.82 Å². The highest BCUT2D eigenvalue weighted by molar-refractivity contribution is 5.89. The number of hydrogen-bond acceptors (Lipinski definition) is 4. The Morgan fingerprint density at radius 2 is 2.17 bits per heavy atom. The minimum absolute atomic E-state index is 0.207. The number of nitrogens with one attached hydrogen (secondary N) is 1. The number of para-hydroxylation sites is 1. The molecule has 1 aromatic carbocycles. The molecule has 1 aliphatic carbocycles. The quantitative estimate of drug-likeness (QED) is 0.934. The van der Waals surface area contributed by atoms with E-state index in [1.165, 1.54) is 6.07 Å². The van der Waals surface area contributed by atoms with Crippen molar-refractivity contribution in [2.24, 2.45) is 5.92 Å². The zero-order chi connectivity index (χ0) is 16.5. The van der Waals surface area contributed by atoms with Crippen molar-refractivity contribution in [2.75, 3.05) is 18.4 Å². The summed E-state index contributed by atoms with van der Waals surface area (Å²) >= 11 is 0. The van der Waals surface area contributed by atoms with Gasteiger partial charge in [-0.25, -0.2) is 9.18 Å². The van der Waals surface area contributed by atoms with Crippen molar-refractivity contribution in [2.45, 2.75) is 31.6 Å². The molecule has 1 aliphatic heterocycles. The minimum atomic E-state index is -0.430. The molecule has 1 aromatic heterocycles. The Morgan fingerprint density at radius 1 is 1.33 bits per heavy atom. The van der Waals surface area contributed by atoms with E-state index in [-0.39, 0.29) is 11.7 Å². The third-order valence-corrected chi connectivity index (χ3v) is 4.57. The van der Waals surface area contributed by atoms with Crippen LogP contribution < -0.4 is 5.32 Å². The lowest BCUT2D eigenvalue weighted by Crippen LogP contribution is -2.33. The molecule has 0 radical (unpaired) electrons. The highest BCUT2D eigenvalue weighted by Gasteiger charge is 2.31. The Kier molecular flexibility index (Phi) is 3.92. The maximum Gasteiger partial charge on any atom is 0.321 e. The fourth-order valence-electron chi connectivity index (χ4n) is 3.05. The van der Waals surface area contributed by atoms with Crippen LogP contribution in [-0.4, -0.2) is 34.2 Å². The largest absolute Gasteiger partial charge is 0.339 e. The van der Waals surface area contributed by atoms with Gasteiger partial charge in [-0.05, 0) is 37.3 Å². The highest BCUT2D eigenvalue weighted by atomic mass is 19.1. The average molecular weight is 330 g/mol. The number of likely N-dealkylation sites (tertiary alicyclic amines) is 1. The minimum Gasteiger partial charge on any atom is -0.339 e. The molecule has 7 heteroatoms. The first kappa shape index (κ1) is 15.1. The molecule has 24 heavy (non-hydrogen) atoms. The van der Waals surface area contributed by atoms with Gasteiger partial charge >= 0.3 is 6.03 Å². The monoisotopic (exact) mass is 330 g/mol. The van der Waals surface area contributed by atoms with Crippen molar-refractivity contribution in [3.8, 4) is 0 Å². The van der Waals surface area contributed by atoms with Gasteiger partial charge in [-0.2, -0.15) is 4.98 Å². The van der Waals surface area contributed by atoms with Crippen LogP contribution in [0.1, 0.15) is 36.9 Å². The van der Waals surface area contributed by atoms with Gasteiger partial charge in [0.1, 0.15) is 5.82 Å². The van der Waals surface area contributed by atoms with Crippen LogP contribution in [0.15, 0.2) is 28.8 Å². The summed E-state index contributed by atoms with van der Waals surface area (Å²) in [5.74, 6) is 1.80. The molecule has 0 bridgehead atoms. The number of aromatic nitrogens is 2. The number of amides is 2. The number of hydrogen-bond donors (Lipinski definition) is 1. The second-order valence-electron chi connectivity index (χ2n) is 6.54. The molecule has 1 N–H and O–H groups in total. The van der Waals surface area contributed by atoms with Crippen molar-refractivity contribution in [3.63, 3.8) is 0 Å². The second kappa shape index (κ2) is 6.22. The van der Waals surface area contributed by atoms with E-state index >= 15 is 0 Å². The zero-order valence-corrected chi connectivity index (χ0v) is 13.2. The summed E-state index contributed by atoms with van der Waals surface area (Å²) in [7, 11) is 0. The van der Waals surface area contributed by atoms with Gasteiger partial charge in [0.25, 0.3) is 0 Å². The molecule has 1 unspecified atom stereocenters. The summed E-state index contributed by atoms with van der Waals surface area (Å²) in [5.41, 5.74) is 0.207. The van der Waals surface area contributed by atoms with E-state index in [1.54, 1.807) is 23.1 Å². The number of carbonyl (C=O) groups excluding carboxylic acids is 1. The van der Waals surface area contributed by atoms with Gasteiger partial charge in [0.05, 0.1) is 5.69 Å². The maximum absolute atomic E-state index is 13.6. The molecule has 126 valence electrons. The standard InChI is InChI=1S/C17H19FN4O2/c18-13-3-1-2-4-14(13)19-17(23)22-8-7-11(10-22)9-15-20-16(24-21-15)12-5-6-12/h1-4,11-12H,5-10H2,(H,19,23). The Balaban J connectivity index is 1.32. The SMILES string of the molecule is O=C(Nc1ccccc1F)N1CCC(Cc2noc(C3CC3)n2)C1. The summed E-state index contributed by atoms with van der Waals surface area (Å²) < 4.78 is 18.9. The highest BCUT2D eigenvalue weighted by Crippen LogP contribution is 2.39. The normalized spacial score (nSPS) is 20.4. The van der Waals surface area contributed by atoms with Gasteiger partial charge in [-0.3, -0.25) is 0 Å². The van der Waals surface area contributed by atoms with E-state index in [0.717, 1.165) is 31.0 Å². The third kappa shape index (κ3) is 3.25. The lowest BCUT2D eigenvalue weighted by molar-refractivity contribution is 0.220. The second-order valence-corrected chi connectivity index (χ2v) is 6.54. The van der Waals surface area contributed by atoms with Crippen LogP contribution in [0.4, 0.5) is 14.9 Å². The predicted molar refractivity (Wildman–Crippen MR) is 85.1 cm³/mol. The first-order valence-electron chi connectivity index (χ1n) is 8.32. The van der Waals surface area contributed by atoms with Gasteiger partial charge in [0, 0.05) is 25.4 Å². The average Bonchev–Trinajstić information content (AvgIpc) is 3.14. The number of anilines is 1. The molecule has 2 amide bonds. The Labute approximate surface area is 139 Å². The Bertz CT molecular complexity index is 744. The van der Waals surface area contributed by atoms with Crippen LogP contribution in [0.3, 0.4) is 0 Å². The predicted octanol–water partition coefficient (Wildman–Crippen LogP) is 3.18. The molecule has 1 saturated heterocycles. The van der Waals surface area contributed by atoms with Gasteiger partial charge in [-0.15, -0.1) is 0 Å². The van der Waals surface area contributed by atoms with Crippen LogP contribution in [0.2, 0.25) is 0 Å². The van der Waals surface area contributed by atoms with Crippen molar-refractivity contribution in [1.82, 2.24) is 15.0 Å². The Morgan fingerprint density at radius 3 is 2.96 bits per heavy atom. The number of nitrogens with zero attached hydrogens (tertiary/aromatic N) is 3. The van der Waals surface area contributed by atoms with Crippen molar-refractivity contribution >= 4 is 11.7 Å². The molecule has 1 atom stereocenters. The van der Waals surface area contributed by atoms with Crippen LogP contribution >= 0.6 is 0 Å². The molecule has 2 aliphatic rings. The molecule has 6 nitrogen and oxygen atoms in total. The Hall–Kier alpha value is -2.44. The number of benzene rings is 1. The van der Waals surface area contributed by atoms with Gasteiger partial charge in [0.2, 0.25) is 5.89 Å². The van der Waals surface area contributed by atoms with Crippen LogP contribution in [0, 0.1) is 11.7 Å². The summed E-state index contributed by atoms with van der Waals surface area (Å²) in [4.78, 5) is 18.4. The topological polar surface area (TPSA) is 71.3 Å². The number of halogens is 1. The lowest BCUT2D eigenvalue weighted by atomic mass is 10.1. The fraction of sp³-hybridized carbons (Fsp3) is 0.471. The van der Waals surface area contributed by atoms with E-state index in [0.29, 0.717) is 31.3 Å². The summed E-state index contributed by atoms with van der Waals surface area (Å²) in [6, 6.07) is 5.90. The van der Waals surface area contributed by atoms with Crippen molar-refractivity contribution < 1.29 is 13.7 Å². The molecule has 2 aromatic rings. The lowest BCUT2D eigenvalue weighted by Gasteiger charge is -2.17. The van der Waals surface area contributed by atoms with Crippen LogP contribution in [-0.2, 0) is 6.42 Å². The van der Waals surface area contributed by atoms with Gasteiger partial charge < -0.3 is 14.7 Å². The van der Waals surface area contributed by atoms with Gasteiger partial charge in [-0.1, -0.05) is 17.3 Å². The smallest absolute Gasteiger partial charge is 0.321 e. The summed E-state index contributed by atoms with van der Waals surface area (Å²) in [6.07, 6.45) is 3.86.